The molecule has 1 heterocycles. The molecule has 0 spiro atoms. The first kappa shape index (κ1) is 17.3. The molecule has 2 amide bonds. The molecule has 0 aliphatic carbocycles. The van der Waals surface area contributed by atoms with Crippen LogP contribution in [0, 0.1) is 0 Å². The summed E-state index contributed by atoms with van der Waals surface area (Å²) < 4.78 is 5.07. The average Bonchev–Trinajstić information content (AvgIpc) is 2.87. The first-order valence-corrected chi connectivity index (χ1v) is 8.39. The minimum atomic E-state index is -0.434. The Kier molecular flexibility index (Phi) is 6.04. The van der Waals surface area contributed by atoms with Gasteiger partial charge in [0.2, 0.25) is 11.8 Å². The molecule has 1 fully saturated rings. The fraction of sp³-hybridized carbons (Fsp3) is 0.438. The van der Waals surface area contributed by atoms with Crippen LogP contribution in [0.25, 0.3) is 0 Å². The van der Waals surface area contributed by atoms with Gasteiger partial charge in [0.05, 0.1) is 7.11 Å². The zero-order valence-corrected chi connectivity index (χ0v) is 14.3. The first-order chi connectivity index (χ1) is 11.0. The number of rotatable bonds is 6. The monoisotopic (exact) mass is 335 g/mol. The van der Waals surface area contributed by atoms with Crippen LogP contribution in [0.1, 0.15) is 26.7 Å². The van der Waals surface area contributed by atoms with Crippen molar-refractivity contribution < 1.29 is 14.3 Å². The Morgan fingerprint density at radius 3 is 2.74 bits per heavy atom. The lowest BCUT2D eigenvalue weighted by Crippen LogP contribution is -2.28. The fourth-order valence-electron chi connectivity index (χ4n) is 1.95. The minimum absolute atomic E-state index is 0.113. The molecule has 1 saturated heterocycles. The molecule has 2 unspecified atom stereocenters. The summed E-state index contributed by atoms with van der Waals surface area (Å²) in [6.07, 6.45) is 1.02. The number of ether oxygens (including phenoxy) is 1. The van der Waals surface area contributed by atoms with Gasteiger partial charge in [-0.3, -0.25) is 14.6 Å². The number of amidine groups is 1. The molecule has 0 aromatic heterocycles. The van der Waals surface area contributed by atoms with Crippen LogP contribution in [-0.2, 0) is 9.59 Å². The van der Waals surface area contributed by atoms with Crippen molar-refractivity contribution >= 4 is 34.4 Å². The van der Waals surface area contributed by atoms with Gasteiger partial charge in [-0.05, 0) is 37.6 Å². The number of nitrogens with one attached hydrogen (secondary N) is 2. The second kappa shape index (κ2) is 8.01. The highest BCUT2D eigenvalue weighted by Crippen LogP contribution is 2.24. The van der Waals surface area contributed by atoms with Crippen LogP contribution in [-0.4, -0.2) is 35.4 Å². The molecule has 2 rings (SSSR count). The van der Waals surface area contributed by atoms with Crippen LogP contribution in [0.5, 0.6) is 5.75 Å². The molecule has 0 radical (unpaired) electrons. The lowest BCUT2D eigenvalue weighted by Gasteiger charge is -2.08. The Bertz CT molecular complexity index is 601. The summed E-state index contributed by atoms with van der Waals surface area (Å²) in [4.78, 5) is 28.4. The van der Waals surface area contributed by atoms with Gasteiger partial charge in [0.25, 0.3) is 0 Å². The summed E-state index contributed by atoms with van der Waals surface area (Å²) in [5, 5.41) is 5.68. The molecule has 7 heteroatoms. The topological polar surface area (TPSA) is 79.8 Å². The normalized spacial score (nSPS) is 20.2. The second-order valence-corrected chi connectivity index (χ2v) is 6.46. The first-order valence-electron chi connectivity index (χ1n) is 7.51. The Morgan fingerprint density at radius 2 is 2.13 bits per heavy atom. The van der Waals surface area contributed by atoms with Gasteiger partial charge in [-0.1, -0.05) is 18.7 Å². The summed E-state index contributed by atoms with van der Waals surface area (Å²) in [5.41, 5.74) is 0.674. The highest BCUT2D eigenvalue weighted by Gasteiger charge is 2.32. The Labute approximate surface area is 140 Å². The predicted octanol–water partition coefficient (Wildman–Crippen LogP) is 2.41. The molecule has 1 aromatic carbocycles. The third-order valence-corrected chi connectivity index (χ3v) is 4.55. The number of nitrogens with zero attached hydrogens (tertiary/aromatic N) is 1. The van der Waals surface area contributed by atoms with E-state index in [0.717, 1.165) is 12.2 Å². The number of hydrogen-bond donors (Lipinski definition) is 2. The van der Waals surface area contributed by atoms with Crippen LogP contribution in [0.15, 0.2) is 29.3 Å². The number of carbonyl (C=O) groups is 2. The van der Waals surface area contributed by atoms with E-state index in [4.69, 9.17) is 4.74 Å². The van der Waals surface area contributed by atoms with E-state index in [2.05, 4.69) is 15.6 Å². The quantitative estimate of drug-likeness (QED) is 0.837. The van der Waals surface area contributed by atoms with E-state index in [1.54, 1.807) is 31.4 Å². The molecule has 0 bridgehead atoms. The van der Waals surface area contributed by atoms with Crippen LogP contribution < -0.4 is 15.4 Å². The Hall–Kier alpha value is -2.02. The standard InChI is InChI=1S/C16H21N3O3S/c1-4-10(2)17-16-19-15(21)13(23-16)9-14(20)18-11-5-7-12(22-3)8-6-11/h5-8,10,13H,4,9H2,1-3H3,(H,18,20)(H,17,19,21). The number of amides is 2. The lowest BCUT2D eigenvalue weighted by molar-refractivity contribution is -0.122. The van der Waals surface area contributed by atoms with E-state index in [0.29, 0.717) is 10.9 Å². The van der Waals surface area contributed by atoms with Crippen molar-refractivity contribution in [3.8, 4) is 5.75 Å². The number of benzene rings is 1. The van der Waals surface area contributed by atoms with E-state index < -0.39 is 5.25 Å². The number of hydrogen-bond acceptors (Lipinski definition) is 5. The van der Waals surface area contributed by atoms with Crippen LogP contribution >= 0.6 is 11.8 Å². The molecular formula is C16H21N3O3S. The molecule has 1 aliphatic rings. The molecule has 2 atom stereocenters. The van der Waals surface area contributed by atoms with Crippen molar-refractivity contribution in [3.63, 3.8) is 0 Å². The van der Waals surface area contributed by atoms with Gasteiger partial charge in [-0.2, -0.15) is 0 Å². The third kappa shape index (κ3) is 4.99. The molecule has 0 saturated carbocycles. The SMILES string of the molecule is CCC(C)N=C1NC(=O)C(CC(=O)Nc2ccc(OC)cc2)S1. The summed E-state index contributed by atoms with van der Waals surface area (Å²) >= 11 is 1.32. The molecule has 1 aromatic rings. The molecule has 1 aliphatic heterocycles. The maximum atomic E-state index is 12.1. The minimum Gasteiger partial charge on any atom is -0.497 e. The Balaban J connectivity index is 1.89. The van der Waals surface area contributed by atoms with E-state index in [1.807, 2.05) is 13.8 Å². The van der Waals surface area contributed by atoms with Crippen LogP contribution in [0.3, 0.4) is 0 Å². The molecule has 124 valence electrons. The number of methoxy groups -OCH3 is 1. The maximum absolute atomic E-state index is 12.1. The predicted molar refractivity (Wildman–Crippen MR) is 93.0 cm³/mol. The van der Waals surface area contributed by atoms with Crippen molar-refractivity contribution in [2.45, 2.75) is 38.0 Å². The molecular weight excluding hydrogens is 314 g/mol. The van der Waals surface area contributed by atoms with Crippen molar-refractivity contribution in [2.24, 2.45) is 4.99 Å². The fourth-order valence-corrected chi connectivity index (χ4v) is 3.02. The van der Waals surface area contributed by atoms with Crippen molar-refractivity contribution in [3.05, 3.63) is 24.3 Å². The van der Waals surface area contributed by atoms with Gasteiger partial charge < -0.3 is 15.4 Å². The van der Waals surface area contributed by atoms with Gasteiger partial charge in [0.1, 0.15) is 11.0 Å². The Morgan fingerprint density at radius 1 is 1.43 bits per heavy atom. The van der Waals surface area contributed by atoms with Crippen molar-refractivity contribution in [2.75, 3.05) is 12.4 Å². The van der Waals surface area contributed by atoms with E-state index in [9.17, 15) is 9.59 Å². The van der Waals surface area contributed by atoms with Crippen LogP contribution in [0.4, 0.5) is 5.69 Å². The van der Waals surface area contributed by atoms with Gasteiger partial charge in [-0.15, -0.1) is 0 Å². The van der Waals surface area contributed by atoms with Crippen molar-refractivity contribution in [1.82, 2.24) is 5.32 Å². The maximum Gasteiger partial charge on any atom is 0.240 e. The molecule has 23 heavy (non-hydrogen) atoms. The van der Waals surface area contributed by atoms with Crippen molar-refractivity contribution in [1.29, 1.82) is 0 Å². The summed E-state index contributed by atoms with van der Waals surface area (Å²) in [7, 11) is 1.59. The highest BCUT2D eigenvalue weighted by atomic mass is 32.2. The van der Waals surface area contributed by atoms with E-state index in [1.165, 1.54) is 11.8 Å². The summed E-state index contributed by atoms with van der Waals surface area (Å²) in [6, 6.07) is 7.21. The van der Waals surface area contributed by atoms with Gasteiger partial charge in [0, 0.05) is 18.2 Å². The third-order valence-electron chi connectivity index (χ3n) is 3.45. The molecule has 6 nitrogen and oxygen atoms in total. The van der Waals surface area contributed by atoms with E-state index >= 15 is 0 Å². The second-order valence-electron chi connectivity index (χ2n) is 5.27. The zero-order chi connectivity index (χ0) is 16.8. The molecule has 2 N–H and O–H groups in total. The van der Waals surface area contributed by atoms with Gasteiger partial charge >= 0.3 is 0 Å². The smallest absolute Gasteiger partial charge is 0.240 e. The number of carbonyl (C=O) groups excluding carboxylic acids is 2. The number of thioether (sulfide) groups is 1. The number of anilines is 1. The highest BCUT2D eigenvalue weighted by molar-refractivity contribution is 8.15. The van der Waals surface area contributed by atoms with Crippen LogP contribution in [0.2, 0.25) is 0 Å². The summed E-state index contributed by atoms with van der Waals surface area (Å²) in [5.74, 6) is 0.356. The average molecular weight is 335 g/mol. The van der Waals surface area contributed by atoms with Gasteiger partial charge in [-0.25, -0.2) is 0 Å². The van der Waals surface area contributed by atoms with E-state index in [-0.39, 0.29) is 24.3 Å². The number of aliphatic imine (C=N–C) groups is 1. The zero-order valence-electron chi connectivity index (χ0n) is 13.5. The van der Waals surface area contributed by atoms with Gasteiger partial charge in [0.15, 0.2) is 5.17 Å². The summed E-state index contributed by atoms with van der Waals surface area (Å²) in [6.45, 7) is 4.03. The lowest BCUT2D eigenvalue weighted by atomic mass is 10.2. The largest absolute Gasteiger partial charge is 0.497 e.